The number of thioether (sulfide) groups is 1. The van der Waals surface area contributed by atoms with Crippen LogP contribution < -0.4 is 0 Å². The van der Waals surface area contributed by atoms with Crippen molar-refractivity contribution in [1.82, 2.24) is 0 Å². The van der Waals surface area contributed by atoms with Gasteiger partial charge in [-0.3, -0.25) is 4.79 Å². The lowest BCUT2D eigenvalue weighted by atomic mass is 10.1. The van der Waals surface area contributed by atoms with Crippen LogP contribution in [0.1, 0.15) is 10.4 Å². The Labute approximate surface area is 99.1 Å². The van der Waals surface area contributed by atoms with E-state index in [1.807, 2.05) is 30.5 Å². The zero-order chi connectivity index (χ0) is 11.4. The largest absolute Gasteiger partial charge is 0.376 e. The molecular formula is C12H14O3S. The molecule has 0 unspecified atom stereocenters. The molecule has 0 atom stereocenters. The van der Waals surface area contributed by atoms with Gasteiger partial charge >= 0.3 is 0 Å². The summed E-state index contributed by atoms with van der Waals surface area (Å²) < 4.78 is 10.3. The van der Waals surface area contributed by atoms with Crippen molar-refractivity contribution in [3.8, 4) is 0 Å². The summed E-state index contributed by atoms with van der Waals surface area (Å²) in [5.74, 6) is 0.0274. The number of carbonyl (C=O) groups excluding carboxylic acids is 1. The molecule has 1 aliphatic heterocycles. The van der Waals surface area contributed by atoms with Gasteiger partial charge in [-0.15, -0.1) is 11.8 Å². The van der Waals surface area contributed by atoms with E-state index in [0.29, 0.717) is 18.8 Å². The first-order valence-electron chi connectivity index (χ1n) is 5.16. The normalized spacial score (nSPS) is 15.8. The maximum absolute atomic E-state index is 11.7. The van der Waals surface area contributed by atoms with Gasteiger partial charge in [0.05, 0.1) is 13.2 Å². The van der Waals surface area contributed by atoms with Crippen molar-refractivity contribution >= 4 is 17.5 Å². The molecule has 86 valence electrons. The average Bonchev–Trinajstić information content (AvgIpc) is 2.27. The Kier molecular flexibility index (Phi) is 3.98. The number of carbonyl (C=O) groups is 1. The molecule has 1 aromatic carbocycles. The zero-order valence-corrected chi connectivity index (χ0v) is 9.96. The molecule has 2 rings (SSSR count). The van der Waals surface area contributed by atoms with Gasteiger partial charge in [0, 0.05) is 10.5 Å². The van der Waals surface area contributed by atoms with Crippen molar-refractivity contribution in [3.63, 3.8) is 0 Å². The Balaban J connectivity index is 1.86. The SMILES string of the molecule is CSc1ccc(C(=O)COC2COC2)cc1. The molecule has 1 fully saturated rings. The van der Waals surface area contributed by atoms with Gasteiger partial charge in [-0.1, -0.05) is 12.1 Å². The van der Waals surface area contributed by atoms with E-state index in [1.165, 1.54) is 0 Å². The second-order valence-electron chi connectivity index (χ2n) is 3.62. The van der Waals surface area contributed by atoms with Crippen LogP contribution in [0.2, 0.25) is 0 Å². The predicted octanol–water partition coefficient (Wildman–Crippen LogP) is 2.01. The third-order valence-electron chi connectivity index (χ3n) is 2.47. The van der Waals surface area contributed by atoms with E-state index in [-0.39, 0.29) is 18.5 Å². The van der Waals surface area contributed by atoms with E-state index in [2.05, 4.69) is 0 Å². The van der Waals surface area contributed by atoms with Crippen molar-refractivity contribution in [1.29, 1.82) is 0 Å². The number of benzene rings is 1. The lowest BCUT2D eigenvalue weighted by Crippen LogP contribution is -2.37. The number of rotatable bonds is 5. The summed E-state index contributed by atoms with van der Waals surface area (Å²) in [7, 11) is 0. The maximum Gasteiger partial charge on any atom is 0.188 e. The molecule has 0 N–H and O–H groups in total. The molecule has 1 heterocycles. The summed E-state index contributed by atoms with van der Waals surface area (Å²) in [5.41, 5.74) is 0.707. The summed E-state index contributed by atoms with van der Waals surface area (Å²) in [6, 6.07) is 7.58. The summed E-state index contributed by atoms with van der Waals surface area (Å²) in [5, 5.41) is 0. The topological polar surface area (TPSA) is 35.5 Å². The van der Waals surface area contributed by atoms with Gasteiger partial charge in [0.1, 0.15) is 12.7 Å². The van der Waals surface area contributed by atoms with E-state index < -0.39 is 0 Å². The molecule has 0 aliphatic carbocycles. The van der Waals surface area contributed by atoms with E-state index in [4.69, 9.17) is 9.47 Å². The molecule has 1 aliphatic rings. The highest BCUT2D eigenvalue weighted by molar-refractivity contribution is 7.98. The highest BCUT2D eigenvalue weighted by Gasteiger charge is 2.20. The van der Waals surface area contributed by atoms with Gasteiger partial charge in [0.2, 0.25) is 0 Å². The van der Waals surface area contributed by atoms with Gasteiger partial charge in [-0.05, 0) is 18.4 Å². The Hall–Kier alpha value is -0.840. The molecule has 0 amide bonds. The highest BCUT2D eigenvalue weighted by atomic mass is 32.2. The van der Waals surface area contributed by atoms with E-state index in [9.17, 15) is 4.79 Å². The van der Waals surface area contributed by atoms with Gasteiger partial charge in [-0.25, -0.2) is 0 Å². The lowest BCUT2D eigenvalue weighted by Gasteiger charge is -2.25. The molecule has 4 heteroatoms. The van der Waals surface area contributed by atoms with Crippen LogP contribution in [0, 0.1) is 0 Å². The monoisotopic (exact) mass is 238 g/mol. The summed E-state index contributed by atoms with van der Waals surface area (Å²) in [6.07, 6.45) is 2.12. The quantitative estimate of drug-likeness (QED) is 0.580. The molecule has 0 saturated carbocycles. The van der Waals surface area contributed by atoms with Crippen LogP contribution in [-0.4, -0.2) is 38.0 Å². The Bertz CT molecular complexity index is 357. The second-order valence-corrected chi connectivity index (χ2v) is 4.50. The average molecular weight is 238 g/mol. The van der Waals surface area contributed by atoms with Crippen LogP contribution in [0.15, 0.2) is 29.2 Å². The van der Waals surface area contributed by atoms with Crippen LogP contribution in [0.5, 0.6) is 0 Å². The fourth-order valence-electron chi connectivity index (χ4n) is 1.36. The first kappa shape index (κ1) is 11.6. The summed E-state index contributed by atoms with van der Waals surface area (Å²) in [4.78, 5) is 12.9. The van der Waals surface area contributed by atoms with Gasteiger partial charge < -0.3 is 9.47 Å². The van der Waals surface area contributed by atoms with E-state index in [1.54, 1.807) is 11.8 Å². The lowest BCUT2D eigenvalue weighted by molar-refractivity contribution is -0.123. The van der Waals surface area contributed by atoms with Crippen molar-refractivity contribution in [2.45, 2.75) is 11.0 Å². The molecule has 0 aromatic heterocycles. The van der Waals surface area contributed by atoms with E-state index >= 15 is 0 Å². The minimum Gasteiger partial charge on any atom is -0.376 e. The molecule has 1 aromatic rings. The Morgan fingerprint density at radius 2 is 2.12 bits per heavy atom. The fourth-order valence-corrected chi connectivity index (χ4v) is 1.77. The molecule has 3 nitrogen and oxygen atoms in total. The number of ether oxygens (including phenoxy) is 2. The highest BCUT2D eigenvalue weighted by Crippen LogP contribution is 2.15. The molecule has 0 radical (unpaired) electrons. The molecule has 16 heavy (non-hydrogen) atoms. The number of hydrogen-bond acceptors (Lipinski definition) is 4. The third-order valence-corrected chi connectivity index (χ3v) is 3.21. The summed E-state index contributed by atoms with van der Waals surface area (Å²) >= 11 is 1.66. The van der Waals surface area contributed by atoms with Gasteiger partial charge in [0.15, 0.2) is 5.78 Å². The molecule has 0 spiro atoms. The fraction of sp³-hybridized carbons (Fsp3) is 0.417. The number of Topliss-reactive ketones (excluding diaryl/α,β-unsaturated/α-hetero) is 1. The Morgan fingerprint density at radius 1 is 1.44 bits per heavy atom. The van der Waals surface area contributed by atoms with Crippen LogP contribution >= 0.6 is 11.8 Å². The first-order chi connectivity index (χ1) is 7.79. The first-order valence-corrected chi connectivity index (χ1v) is 6.38. The molecular weight excluding hydrogens is 224 g/mol. The second kappa shape index (κ2) is 5.48. The minimum absolute atomic E-state index is 0.0274. The van der Waals surface area contributed by atoms with Crippen molar-refractivity contribution in [3.05, 3.63) is 29.8 Å². The van der Waals surface area contributed by atoms with Crippen molar-refractivity contribution in [2.75, 3.05) is 26.1 Å². The van der Waals surface area contributed by atoms with Crippen molar-refractivity contribution < 1.29 is 14.3 Å². The summed E-state index contributed by atoms with van der Waals surface area (Å²) in [6.45, 7) is 1.37. The zero-order valence-electron chi connectivity index (χ0n) is 9.14. The van der Waals surface area contributed by atoms with Crippen LogP contribution in [0.3, 0.4) is 0 Å². The van der Waals surface area contributed by atoms with Gasteiger partial charge in [0.25, 0.3) is 0 Å². The standard InChI is InChI=1S/C12H14O3S/c1-16-11-4-2-9(3-5-11)12(13)8-15-10-6-14-7-10/h2-5,10H,6-8H2,1H3. The minimum atomic E-state index is 0.0274. The number of hydrogen-bond donors (Lipinski definition) is 0. The predicted molar refractivity (Wildman–Crippen MR) is 63.1 cm³/mol. The van der Waals surface area contributed by atoms with Crippen LogP contribution in [0.4, 0.5) is 0 Å². The van der Waals surface area contributed by atoms with E-state index in [0.717, 1.165) is 4.90 Å². The Morgan fingerprint density at radius 3 is 2.62 bits per heavy atom. The molecule has 1 saturated heterocycles. The number of ketones is 1. The van der Waals surface area contributed by atoms with Crippen LogP contribution in [-0.2, 0) is 9.47 Å². The van der Waals surface area contributed by atoms with Crippen LogP contribution in [0.25, 0.3) is 0 Å². The molecule has 0 bridgehead atoms. The maximum atomic E-state index is 11.7. The van der Waals surface area contributed by atoms with Crippen molar-refractivity contribution in [2.24, 2.45) is 0 Å². The van der Waals surface area contributed by atoms with Gasteiger partial charge in [-0.2, -0.15) is 0 Å². The third kappa shape index (κ3) is 2.84. The smallest absolute Gasteiger partial charge is 0.188 e.